The van der Waals surface area contributed by atoms with Crippen LogP contribution in [0, 0.1) is 6.92 Å². The van der Waals surface area contributed by atoms with Crippen molar-refractivity contribution in [2.45, 2.75) is 45.1 Å². The SMILES string of the molecule is CCOC(Cc1ccc(OCCN(CCCOC(F)(F)C(F)(F)F)C(=O)Oc2ccc(C)cc2)cc1)C(=O)O. The van der Waals surface area contributed by atoms with Crippen LogP contribution < -0.4 is 9.47 Å². The van der Waals surface area contributed by atoms with Crippen LogP contribution in [0.2, 0.25) is 0 Å². The number of rotatable bonds is 15. The zero-order valence-corrected chi connectivity index (χ0v) is 21.4. The van der Waals surface area contributed by atoms with E-state index in [0.29, 0.717) is 11.3 Å². The molecule has 2 aromatic rings. The van der Waals surface area contributed by atoms with Gasteiger partial charge in [-0.2, -0.15) is 22.0 Å². The largest absolute Gasteiger partial charge is 0.492 e. The molecule has 8 nitrogen and oxygen atoms in total. The monoisotopic (exact) mass is 563 g/mol. The summed E-state index contributed by atoms with van der Waals surface area (Å²) in [5.74, 6) is -0.456. The van der Waals surface area contributed by atoms with Gasteiger partial charge in [0, 0.05) is 19.6 Å². The fourth-order valence-corrected chi connectivity index (χ4v) is 3.23. The lowest BCUT2D eigenvalue weighted by molar-refractivity contribution is -0.391. The van der Waals surface area contributed by atoms with Gasteiger partial charge in [0.05, 0.1) is 13.2 Å². The summed E-state index contributed by atoms with van der Waals surface area (Å²) in [6.07, 6.45) is -13.2. The zero-order chi connectivity index (χ0) is 29.1. The van der Waals surface area contributed by atoms with Crippen molar-refractivity contribution in [3.05, 3.63) is 59.7 Å². The second-order valence-corrected chi connectivity index (χ2v) is 8.36. The Morgan fingerprint density at radius 2 is 1.54 bits per heavy atom. The molecule has 0 saturated carbocycles. The first-order chi connectivity index (χ1) is 18.3. The van der Waals surface area contributed by atoms with Crippen molar-refractivity contribution in [3.63, 3.8) is 0 Å². The average molecular weight is 564 g/mol. The van der Waals surface area contributed by atoms with Gasteiger partial charge in [-0.25, -0.2) is 9.59 Å². The molecule has 0 radical (unpaired) electrons. The molecule has 0 spiro atoms. The molecule has 1 atom stereocenters. The van der Waals surface area contributed by atoms with E-state index in [2.05, 4.69) is 4.74 Å². The van der Waals surface area contributed by atoms with E-state index in [4.69, 9.17) is 14.2 Å². The highest BCUT2D eigenvalue weighted by Gasteiger charge is 2.59. The van der Waals surface area contributed by atoms with Crippen LogP contribution in [0.15, 0.2) is 48.5 Å². The molecule has 1 unspecified atom stereocenters. The Hall–Kier alpha value is -3.45. The first-order valence-corrected chi connectivity index (χ1v) is 12.0. The van der Waals surface area contributed by atoms with Crippen LogP contribution in [0.25, 0.3) is 0 Å². The zero-order valence-electron chi connectivity index (χ0n) is 21.4. The van der Waals surface area contributed by atoms with Crippen LogP contribution in [-0.4, -0.2) is 73.4 Å². The van der Waals surface area contributed by atoms with Crippen LogP contribution in [0.1, 0.15) is 24.5 Å². The highest BCUT2D eigenvalue weighted by molar-refractivity contribution is 5.72. The van der Waals surface area contributed by atoms with E-state index in [-0.39, 0.29) is 44.9 Å². The molecule has 1 amide bonds. The third-order valence-corrected chi connectivity index (χ3v) is 5.29. The van der Waals surface area contributed by atoms with E-state index in [0.717, 1.165) is 10.5 Å². The molecule has 2 aromatic carbocycles. The number of carbonyl (C=O) groups is 2. The van der Waals surface area contributed by atoms with E-state index < -0.39 is 37.1 Å². The summed E-state index contributed by atoms with van der Waals surface area (Å²) in [5, 5.41) is 9.20. The summed E-state index contributed by atoms with van der Waals surface area (Å²) in [6, 6.07) is 13.0. The smallest absolute Gasteiger partial charge is 0.482 e. The Kier molecular flexibility index (Phi) is 11.9. The van der Waals surface area contributed by atoms with Crippen molar-refractivity contribution in [1.82, 2.24) is 4.90 Å². The maximum atomic E-state index is 13.0. The molecule has 216 valence electrons. The number of nitrogens with zero attached hydrogens (tertiary/aromatic N) is 1. The number of hydrogen-bond donors (Lipinski definition) is 1. The molecule has 0 saturated heterocycles. The van der Waals surface area contributed by atoms with Gasteiger partial charge in [-0.15, -0.1) is 0 Å². The number of alkyl halides is 5. The fraction of sp³-hybridized carbons (Fsp3) is 0.462. The first kappa shape index (κ1) is 31.8. The third kappa shape index (κ3) is 10.7. The summed E-state index contributed by atoms with van der Waals surface area (Å²) < 4.78 is 82.6. The molecule has 0 aromatic heterocycles. The molecule has 0 aliphatic heterocycles. The van der Waals surface area contributed by atoms with Gasteiger partial charge in [-0.05, 0) is 50.1 Å². The van der Waals surface area contributed by atoms with Crippen LogP contribution in [0.5, 0.6) is 11.5 Å². The number of amides is 1. The summed E-state index contributed by atoms with van der Waals surface area (Å²) in [5.41, 5.74) is 1.62. The van der Waals surface area contributed by atoms with Crippen molar-refractivity contribution in [2.75, 3.05) is 32.9 Å². The van der Waals surface area contributed by atoms with Gasteiger partial charge in [-0.3, -0.25) is 0 Å². The molecular formula is C26H30F5NO7. The molecule has 0 bridgehead atoms. The van der Waals surface area contributed by atoms with E-state index in [1.807, 2.05) is 6.92 Å². The number of ether oxygens (including phenoxy) is 4. The molecule has 39 heavy (non-hydrogen) atoms. The van der Waals surface area contributed by atoms with E-state index in [1.165, 1.54) is 0 Å². The van der Waals surface area contributed by atoms with Gasteiger partial charge in [0.1, 0.15) is 18.1 Å². The molecule has 0 heterocycles. The maximum Gasteiger partial charge on any atom is 0.482 e. The number of carboxylic acids is 1. The second-order valence-electron chi connectivity index (χ2n) is 8.36. The minimum atomic E-state index is -5.85. The lowest BCUT2D eigenvalue weighted by Gasteiger charge is -2.23. The summed E-state index contributed by atoms with van der Waals surface area (Å²) >= 11 is 0. The Balaban J connectivity index is 1.95. The number of carboxylic acid groups (broad SMARTS) is 1. The average Bonchev–Trinajstić information content (AvgIpc) is 2.86. The van der Waals surface area contributed by atoms with Crippen molar-refractivity contribution in [2.24, 2.45) is 0 Å². The highest BCUT2D eigenvalue weighted by atomic mass is 19.4. The predicted molar refractivity (Wildman–Crippen MR) is 129 cm³/mol. The van der Waals surface area contributed by atoms with Crippen LogP contribution in [0.3, 0.4) is 0 Å². The van der Waals surface area contributed by atoms with Crippen LogP contribution >= 0.6 is 0 Å². The van der Waals surface area contributed by atoms with Gasteiger partial charge in [0.25, 0.3) is 0 Å². The van der Waals surface area contributed by atoms with Gasteiger partial charge < -0.3 is 29.0 Å². The van der Waals surface area contributed by atoms with E-state index in [9.17, 15) is 36.6 Å². The molecule has 0 aliphatic carbocycles. The second kappa shape index (κ2) is 14.6. The standard InChI is InChI=1S/C26H30F5NO7/c1-3-36-22(23(33)34)17-19-7-11-20(12-8-19)37-16-14-32(13-4-15-38-26(30,31)25(27,28)29)24(35)39-21-9-5-18(2)6-10-21/h5-12,22H,3-4,13-17H2,1-2H3,(H,33,34). The van der Waals surface area contributed by atoms with Crippen molar-refractivity contribution in [3.8, 4) is 11.5 Å². The molecular weight excluding hydrogens is 533 g/mol. The summed E-state index contributed by atoms with van der Waals surface area (Å²) in [6.45, 7) is 2.45. The Labute approximate surface area is 222 Å². The molecule has 13 heteroatoms. The highest BCUT2D eigenvalue weighted by Crippen LogP contribution is 2.36. The van der Waals surface area contributed by atoms with Crippen LogP contribution in [0.4, 0.5) is 26.7 Å². The Morgan fingerprint density at radius 1 is 0.923 bits per heavy atom. The van der Waals surface area contributed by atoms with E-state index in [1.54, 1.807) is 55.5 Å². The quantitative estimate of drug-likeness (QED) is 0.227. The number of aliphatic carboxylic acids is 1. The number of aryl methyl sites for hydroxylation is 1. The van der Waals surface area contributed by atoms with Gasteiger partial charge in [0.2, 0.25) is 0 Å². The van der Waals surface area contributed by atoms with Gasteiger partial charge >= 0.3 is 24.3 Å². The lowest BCUT2D eigenvalue weighted by atomic mass is 10.1. The molecule has 1 N–H and O–H groups in total. The minimum absolute atomic E-state index is 0.0569. The normalized spacial score (nSPS) is 12.6. The number of carbonyl (C=O) groups excluding carboxylic acids is 1. The van der Waals surface area contributed by atoms with E-state index >= 15 is 0 Å². The first-order valence-electron chi connectivity index (χ1n) is 12.0. The number of hydrogen-bond acceptors (Lipinski definition) is 6. The molecule has 0 fully saturated rings. The number of halogens is 5. The number of benzene rings is 2. The summed E-state index contributed by atoms with van der Waals surface area (Å²) in [4.78, 5) is 25.0. The molecule has 2 rings (SSSR count). The Morgan fingerprint density at radius 3 is 2.10 bits per heavy atom. The molecule has 0 aliphatic rings. The summed E-state index contributed by atoms with van der Waals surface area (Å²) in [7, 11) is 0. The lowest BCUT2D eigenvalue weighted by Crippen LogP contribution is -2.41. The predicted octanol–water partition coefficient (Wildman–Crippen LogP) is 5.47. The maximum absolute atomic E-state index is 13.0. The third-order valence-electron chi connectivity index (χ3n) is 5.29. The fourth-order valence-electron chi connectivity index (χ4n) is 3.23. The van der Waals surface area contributed by atoms with Crippen molar-refractivity contribution < 1.29 is 55.6 Å². The van der Waals surface area contributed by atoms with Gasteiger partial charge in [-0.1, -0.05) is 29.8 Å². The van der Waals surface area contributed by atoms with Crippen molar-refractivity contribution >= 4 is 12.1 Å². The van der Waals surface area contributed by atoms with Crippen LogP contribution in [-0.2, 0) is 20.7 Å². The van der Waals surface area contributed by atoms with Crippen molar-refractivity contribution in [1.29, 1.82) is 0 Å². The van der Waals surface area contributed by atoms with Gasteiger partial charge in [0.15, 0.2) is 6.10 Å². The topological polar surface area (TPSA) is 94.5 Å². The Bertz CT molecular complexity index is 1050. The minimum Gasteiger partial charge on any atom is -0.492 e.